The molecule has 23 heavy (non-hydrogen) atoms. The lowest BCUT2D eigenvalue weighted by molar-refractivity contribution is -0.122. The van der Waals surface area contributed by atoms with E-state index in [0.29, 0.717) is 16.5 Å². The number of carbonyl (C=O) groups excluding carboxylic acids is 1. The van der Waals surface area contributed by atoms with Crippen molar-refractivity contribution in [3.63, 3.8) is 0 Å². The Morgan fingerprint density at radius 3 is 2.78 bits per heavy atom. The Morgan fingerprint density at radius 2 is 2.00 bits per heavy atom. The second-order valence-corrected chi connectivity index (χ2v) is 6.06. The minimum absolute atomic E-state index is 0.236. The van der Waals surface area contributed by atoms with E-state index in [1.54, 1.807) is 37.3 Å². The lowest BCUT2D eigenvalue weighted by atomic mass is 10.2. The van der Waals surface area contributed by atoms with Crippen molar-refractivity contribution in [1.29, 1.82) is 0 Å². The molecule has 0 fully saturated rings. The standard InChI is InChI=1S/C16H14ClN3O2S/c1-9-7-12(4-5-13(9)17)22-10(2)16(21)18-11-3-6-14-15(8-11)20-23-19-14/h3-8,10H,1-2H3,(H,18,21). The normalized spacial score (nSPS) is 12.1. The molecule has 1 amide bonds. The van der Waals surface area contributed by atoms with E-state index in [2.05, 4.69) is 14.1 Å². The Hall–Kier alpha value is -2.18. The number of aromatic nitrogens is 2. The van der Waals surface area contributed by atoms with Crippen molar-refractivity contribution in [2.75, 3.05) is 5.32 Å². The zero-order chi connectivity index (χ0) is 16.4. The molecule has 5 nitrogen and oxygen atoms in total. The predicted octanol–water partition coefficient (Wildman–Crippen LogP) is 4.06. The van der Waals surface area contributed by atoms with Gasteiger partial charge in [-0.15, -0.1) is 0 Å². The average molecular weight is 348 g/mol. The van der Waals surface area contributed by atoms with E-state index in [9.17, 15) is 4.79 Å². The summed E-state index contributed by atoms with van der Waals surface area (Å²) in [7, 11) is 0. The number of hydrogen-bond acceptors (Lipinski definition) is 5. The first-order chi connectivity index (χ1) is 11.0. The highest BCUT2D eigenvalue weighted by molar-refractivity contribution is 7.00. The van der Waals surface area contributed by atoms with Gasteiger partial charge in [-0.25, -0.2) is 0 Å². The SMILES string of the molecule is Cc1cc(OC(C)C(=O)Nc2ccc3nsnc3c2)ccc1Cl. The number of carbonyl (C=O) groups is 1. The minimum Gasteiger partial charge on any atom is -0.481 e. The molecule has 2 aromatic carbocycles. The number of nitrogens with zero attached hydrogens (tertiary/aromatic N) is 2. The first-order valence-electron chi connectivity index (χ1n) is 6.99. The van der Waals surface area contributed by atoms with Crippen molar-refractivity contribution in [3.05, 3.63) is 47.0 Å². The van der Waals surface area contributed by atoms with Crippen molar-refractivity contribution in [1.82, 2.24) is 8.75 Å². The van der Waals surface area contributed by atoms with Gasteiger partial charge in [0.15, 0.2) is 6.10 Å². The minimum atomic E-state index is -0.639. The molecular formula is C16H14ClN3O2S. The van der Waals surface area contributed by atoms with Crippen LogP contribution in [0.25, 0.3) is 11.0 Å². The largest absolute Gasteiger partial charge is 0.481 e. The molecule has 1 atom stereocenters. The fraction of sp³-hybridized carbons (Fsp3) is 0.188. The molecule has 1 N–H and O–H groups in total. The van der Waals surface area contributed by atoms with Gasteiger partial charge in [-0.2, -0.15) is 8.75 Å². The van der Waals surface area contributed by atoms with Gasteiger partial charge in [0.25, 0.3) is 5.91 Å². The van der Waals surface area contributed by atoms with Gasteiger partial charge in [-0.3, -0.25) is 4.79 Å². The van der Waals surface area contributed by atoms with Gasteiger partial charge < -0.3 is 10.1 Å². The van der Waals surface area contributed by atoms with Gasteiger partial charge >= 0.3 is 0 Å². The van der Waals surface area contributed by atoms with Gasteiger partial charge in [0.1, 0.15) is 16.8 Å². The number of ether oxygens (including phenoxy) is 1. The predicted molar refractivity (Wildman–Crippen MR) is 92.3 cm³/mol. The summed E-state index contributed by atoms with van der Waals surface area (Å²) in [6.45, 7) is 3.58. The van der Waals surface area contributed by atoms with Crippen LogP contribution in [0.5, 0.6) is 5.75 Å². The van der Waals surface area contributed by atoms with E-state index in [1.807, 2.05) is 13.0 Å². The van der Waals surface area contributed by atoms with Crippen LogP contribution >= 0.6 is 23.3 Å². The molecule has 0 saturated heterocycles. The fourth-order valence-electron chi connectivity index (χ4n) is 2.05. The summed E-state index contributed by atoms with van der Waals surface area (Å²) in [5, 5.41) is 3.48. The maximum atomic E-state index is 12.2. The number of hydrogen-bond donors (Lipinski definition) is 1. The lowest BCUT2D eigenvalue weighted by Gasteiger charge is -2.15. The van der Waals surface area contributed by atoms with Crippen LogP contribution in [0.3, 0.4) is 0 Å². The number of anilines is 1. The van der Waals surface area contributed by atoms with Crippen LogP contribution < -0.4 is 10.1 Å². The molecule has 0 bridgehead atoms. The summed E-state index contributed by atoms with van der Waals surface area (Å²) in [6.07, 6.45) is -0.639. The summed E-state index contributed by atoms with van der Waals surface area (Å²) in [5.41, 5.74) is 3.14. The maximum absolute atomic E-state index is 12.2. The second-order valence-electron chi connectivity index (χ2n) is 5.13. The molecule has 0 radical (unpaired) electrons. The van der Waals surface area contributed by atoms with Crippen molar-refractivity contribution < 1.29 is 9.53 Å². The molecule has 0 aliphatic carbocycles. The molecule has 0 aliphatic heterocycles. The number of aryl methyl sites for hydroxylation is 1. The fourth-order valence-corrected chi connectivity index (χ4v) is 2.69. The number of benzene rings is 2. The quantitative estimate of drug-likeness (QED) is 0.773. The van der Waals surface area contributed by atoms with Crippen LogP contribution in [0.15, 0.2) is 36.4 Å². The summed E-state index contributed by atoms with van der Waals surface area (Å²) >= 11 is 7.12. The number of halogens is 1. The summed E-state index contributed by atoms with van der Waals surface area (Å²) in [5.74, 6) is 0.369. The smallest absolute Gasteiger partial charge is 0.265 e. The molecular weight excluding hydrogens is 334 g/mol. The molecule has 1 heterocycles. The van der Waals surface area contributed by atoms with E-state index < -0.39 is 6.10 Å². The molecule has 7 heteroatoms. The first-order valence-corrected chi connectivity index (χ1v) is 8.10. The topological polar surface area (TPSA) is 64.1 Å². The van der Waals surface area contributed by atoms with Crippen LogP contribution in [0.1, 0.15) is 12.5 Å². The molecule has 3 rings (SSSR count). The highest BCUT2D eigenvalue weighted by Gasteiger charge is 2.15. The number of nitrogens with one attached hydrogen (secondary N) is 1. The molecule has 1 unspecified atom stereocenters. The van der Waals surface area contributed by atoms with Crippen molar-refractivity contribution >= 4 is 46.0 Å². The molecule has 3 aromatic rings. The molecule has 0 spiro atoms. The van der Waals surface area contributed by atoms with Gasteiger partial charge in [-0.1, -0.05) is 11.6 Å². The van der Waals surface area contributed by atoms with Crippen LogP contribution in [-0.2, 0) is 4.79 Å². The Morgan fingerprint density at radius 1 is 1.22 bits per heavy atom. The zero-order valence-corrected chi connectivity index (χ0v) is 14.1. The monoisotopic (exact) mass is 347 g/mol. The number of fused-ring (bicyclic) bond motifs is 1. The van der Waals surface area contributed by atoms with Gasteiger partial charge in [0.2, 0.25) is 0 Å². The van der Waals surface area contributed by atoms with Crippen LogP contribution in [0.4, 0.5) is 5.69 Å². The third-order valence-corrected chi connectivity index (χ3v) is 4.31. The maximum Gasteiger partial charge on any atom is 0.265 e. The molecule has 0 saturated carbocycles. The number of rotatable bonds is 4. The van der Waals surface area contributed by atoms with Gasteiger partial charge in [0.05, 0.1) is 11.7 Å². The van der Waals surface area contributed by atoms with Crippen molar-refractivity contribution in [3.8, 4) is 5.75 Å². The number of amides is 1. The summed E-state index contributed by atoms with van der Waals surface area (Å²) < 4.78 is 13.9. The Labute approximate surface area is 142 Å². The average Bonchev–Trinajstić information content (AvgIpc) is 2.98. The van der Waals surface area contributed by atoms with E-state index in [0.717, 1.165) is 28.3 Å². The molecule has 118 valence electrons. The molecule has 1 aromatic heterocycles. The van der Waals surface area contributed by atoms with Gasteiger partial charge in [-0.05, 0) is 55.8 Å². The van der Waals surface area contributed by atoms with Crippen LogP contribution in [-0.4, -0.2) is 20.8 Å². The van der Waals surface area contributed by atoms with Crippen molar-refractivity contribution in [2.24, 2.45) is 0 Å². The lowest BCUT2D eigenvalue weighted by Crippen LogP contribution is -2.30. The first kappa shape index (κ1) is 15.7. The van der Waals surface area contributed by atoms with Crippen LogP contribution in [0.2, 0.25) is 5.02 Å². The second kappa shape index (κ2) is 6.52. The Kier molecular flexibility index (Phi) is 4.45. The van der Waals surface area contributed by atoms with E-state index >= 15 is 0 Å². The van der Waals surface area contributed by atoms with Gasteiger partial charge in [0, 0.05) is 10.7 Å². The van der Waals surface area contributed by atoms with E-state index in [-0.39, 0.29) is 5.91 Å². The van der Waals surface area contributed by atoms with E-state index in [4.69, 9.17) is 16.3 Å². The molecule has 0 aliphatic rings. The zero-order valence-electron chi connectivity index (χ0n) is 12.5. The highest BCUT2D eigenvalue weighted by atomic mass is 35.5. The Bertz CT molecular complexity index is 865. The van der Waals surface area contributed by atoms with E-state index in [1.165, 1.54) is 0 Å². The third kappa shape index (κ3) is 3.60. The Balaban J connectivity index is 1.67. The third-order valence-electron chi connectivity index (χ3n) is 3.33. The highest BCUT2D eigenvalue weighted by Crippen LogP contribution is 2.22. The van der Waals surface area contributed by atoms with Crippen molar-refractivity contribution in [2.45, 2.75) is 20.0 Å². The summed E-state index contributed by atoms with van der Waals surface area (Å²) in [4.78, 5) is 12.2. The van der Waals surface area contributed by atoms with Crippen LogP contribution in [0, 0.1) is 6.92 Å². The summed E-state index contributed by atoms with van der Waals surface area (Å²) in [6, 6.07) is 10.7.